The Labute approximate surface area is 101 Å². The number of aromatic nitrogens is 1. The van der Waals surface area contributed by atoms with Gasteiger partial charge in [0.1, 0.15) is 0 Å². The van der Waals surface area contributed by atoms with Crippen molar-refractivity contribution >= 4 is 11.5 Å². The summed E-state index contributed by atoms with van der Waals surface area (Å²) in [6.45, 7) is 4.71. The minimum absolute atomic E-state index is 0.0473. The number of rotatable bonds is 7. The van der Waals surface area contributed by atoms with E-state index in [0.29, 0.717) is 5.82 Å². The number of aryl methyl sites for hydroxylation is 1. The topological polar surface area (TPSA) is 68.1 Å². The molecule has 0 radical (unpaired) electrons. The second-order valence-corrected chi connectivity index (χ2v) is 4.06. The van der Waals surface area contributed by atoms with E-state index < -0.39 is 4.92 Å². The van der Waals surface area contributed by atoms with Crippen molar-refractivity contribution < 1.29 is 4.92 Å². The van der Waals surface area contributed by atoms with Crippen molar-refractivity contribution in [2.45, 2.75) is 39.5 Å². The second kappa shape index (κ2) is 6.83. The van der Waals surface area contributed by atoms with Crippen molar-refractivity contribution in [3.63, 3.8) is 0 Å². The number of nitrogens with zero attached hydrogens (tertiary/aromatic N) is 2. The van der Waals surface area contributed by atoms with E-state index in [2.05, 4.69) is 17.2 Å². The molecule has 0 saturated heterocycles. The Morgan fingerprint density at radius 3 is 2.76 bits per heavy atom. The average molecular weight is 237 g/mol. The summed E-state index contributed by atoms with van der Waals surface area (Å²) in [5, 5.41) is 13.8. The van der Waals surface area contributed by atoms with Gasteiger partial charge in [0.2, 0.25) is 5.82 Å². The van der Waals surface area contributed by atoms with Gasteiger partial charge in [-0.25, -0.2) is 4.98 Å². The first-order valence-corrected chi connectivity index (χ1v) is 6.01. The Morgan fingerprint density at radius 2 is 2.12 bits per heavy atom. The van der Waals surface area contributed by atoms with Gasteiger partial charge in [-0.05, 0) is 19.4 Å². The summed E-state index contributed by atoms with van der Waals surface area (Å²) in [5.74, 6) is 0.381. The molecule has 0 aromatic carbocycles. The molecule has 0 amide bonds. The molecule has 1 heterocycles. The lowest BCUT2D eigenvalue weighted by Crippen LogP contribution is -2.06. The largest absolute Gasteiger partial charge is 0.364 e. The van der Waals surface area contributed by atoms with E-state index in [0.717, 1.165) is 25.1 Å². The van der Waals surface area contributed by atoms with Crippen LogP contribution in [0.4, 0.5) is 11.5 Å². The zero-order valence-electron chi connectivity index (χ0n) is 10.4. The second-order valence-electron chi connectivity index (χ2n) is 4.06. The molecule has 0 atom stereocenters. The summed E-state index contributed by atoms with van der Waals surface area (Å²) >= 11 is 0. The molecule has 0 aliphatic heterocycles. The van der Waals surface area contributed by atoms with Crippen LogP contribution in [-0.2, 0) is 0 Å². The highest BCUT2D eigenvalue weighted by Crippen LogP contribution is 2.21. The summed E-state index contributed by atoms with van der Waals surface area (Å²) in [6, 6.07) is 3.15. The molecule has 0 unspecified atom stereocenters. The van der Waals surface area contributed by atoms with Gasteiger partial charge in [0.15, 0.2) is 0 Å². The third kappa shape index (κ3) is 4.38. The van der Waals surface area contributed by atoms with Gasteiger partial charge in [-0.2, -0.15) is 0 Å². The molecule has 0 fully saturated rings. The van der Waals surface area contributed by atoms with Crippen LogP contribution in [0.2, 0.25) is 0 Å². The molecule has 0 aliphatic carbocycles. The molecular weight excluding hydrogens is 218 g/mol. The minimum atomic E-state index is -0.402. The monoisotopic (exact) mass is 237 g/mol. The number of nitro groups is 1. The highest BCUT2D eigenvalue weighted by molar-refractivity contribution is 5.55. The van der Waals surface area contributed by atoms with Crippen molar-refractivity contribution in [1.29, 1.82) is 0 Å². The van der Waals surface area contributed by atoms with E-state index in [1.54, 1.807) is 6.07 Å². The number of nitrogens with one attached hydrogen (secondary N) is 1. The van der Waals surface area contributed by atoms with Crippen LogP contribution < -0.4 is 5.32 Å². The number of anilines is 1. The van der Waals surface area contributed by atoms with Gasteiger partial charge in [-0.15, -0.1) is 0 Å². The average Bonchev–Trinajstić information content (AvgIpc) is 2.28. The van der Waals surface area contributed by atoms with Gasteiger partial charge in [0, 0.05) is 18.3 Å². The van der Waals surface area contributed by atoms with Gasteiger partial charge >= 0.3 is 5.69 Å². The Bertz CT molecular complexity index is 380. The molecule has 1 N–H and O–H groups in total. The van der Waals surface area contributed by atoms with Crippen molar-refractivity contribution in [1.82, 2.24) is 4.98 Å². The summed E-state index contributed by atoms with van der Waals surface area (Å²) in [5.41, 5.74) is 0.831. The maximum absolute atomic E-state index is 10.8. The molecule has 0 saturated carbocycles. The van der Waals surface area contributed by atoms with Crippen LogP contribution in [-0.4, -0.2) is 16.5 Å². The molecular formula is C12H19N3O2. The molecule has 0 spiro atoms. The fraction of sp³-hybridized carbons (Fsp3) is 0.583. The summed E-state index contributed by atoms with van der Waals surface area (Å²) in [4.78, 5) is 14.6. The highest BCUT2D eigenvalue weighted by Gasteiger charge is 2.14. The lowest BCUT2D eigenvalue weighted by Gasteiger charge is -2.06. The molecule has 1 rings (SSSR count). The summed E-state index contributed by atoms with van der Waals surface area (Å²) in [6.07, 6.45) is 4.54. The van der Waals surface area contributed by atoms with E-state index in [1.165, 1.54) is 18.9 Å². The molecule has 1 aromatic rings. The number of unbranched alkanes of at least 4 members (excludes halogenated alkanes) is 3. The van der Waals surface area contributed by atoms with Crippen LogP contribution >= 0.6 is 0 Å². The SMILES string of the molecule is CCCCCCNc1nc(C)ccc1[N+](=O)[O-]. The molecule has 0 bridgehead atoms. The van der Waals surface area contributed by atoms with E-state index in [9.17, 15) is 10.1 Å². The Morgan fingerprint density at radius 1 is 1.35 bits per heavy atom. The molecule has 5 heteroatoms. The quantitative estimate of drug-likeness (QED) is 0.449. The summed E-state index contributed by atoms with van der Waals surface area (Å²) in [7, 11) is 0. The summed E-state index contributed by atoms with van der Waals surface area (Å²) < 4.78 is 0. The molecule has 17 heavy (non-hydrogen) atoms. The number of pyridine rings is 1. The molecule has 0 aliphatic rings. The van der Waals surface area contributed by atoms with E-state index in [-0.39, 0.29) is 5.69 Å². The van der Waals surface area contributed by atoms with Gasteiger partial charge in [0.05, 0.1) is 4.92 Å². The van der Waals surface area contributed by atoms with Crippen LogP contribution in [0.25, 0.3) is 0 Å². The van der Waals surface area contributed by atoms with Crippen molar-refractivity contribution in [3.8, 4) is 0 Å². The normalized spacial score (nSPS) is 10.2. The van der Waals surface area contributed by atoms with Gasteiger partial charge < -0.3 is 5.32 Å². The number of hydrogen-bond acceptors (Lipinski definition) is 4. The van der Waals surface area contributed by atoms with E-state index in [4.69, 9.17) is 0 Å². The van der Waals surface area contributed by atoms with Crippen molar-refractivity contribution in [2.24, 2.45) is 0 Å². The smallest absolute Gasteiger partial charge is 0.311 e. The first-order chi connectivity index (χ1) is 8.15. The molecule has 1 aromatic heterocycles. The predicted molar refractivity (Wildman–Crippen MR) is 68.3 cm³/mol. The third-order valence-electron chi connectivity index (χ3n) is 2.53. The zero-order valence-corrected chi connectivity index (χ0v) is 10.4. The first-order valence-electron chi connectivity index (χ1n) is 6.01. The van der Waals surface area contributed by atoms with E-state index >= 15 is 0 Å². The predicted octanol–water partition coefficient (Wildman–Crippen LogP) is 3.29. The van der Waals surface area contributed by atoms with Crippen LogP contribution in [0.5, 0.6) is 0 Å². The Balaban J connectivity index is 2.56. The van der Waals surface area contributed by atoms with Crippen LogP contribution in [0.1, 0.15) is 38.3 Å². The molecule has 94 valence electrons. The highest BCUT2D eigenvalue weighted by atomic mass is 16.6. The maximum atomic E-state index is 10.8. The van der Waals surface area contributed by atoms with Gasteiger partial charge in [0.25, 0.3) is 0 Å². The fourth-order valence-electron chi connectivity index (χ4n) is 1.59. The first kappa shape index (κ1) is 13.4. The fourth-order valence-corrected chi connectivity index (χ4v) is 1.59. The minimum Gasteiger partial charge on any atom is -0.364 e. The number of hydrogen-bond donors (Lipinski definition) is 1. The van der Waals surface area contributed by atoms with Crippen LogP contribution in [0.3, 0.4) is 0 Å². The van der Waals surface area contributed by atoms with E-state index in [1.807, 2.05) is 6.92 Å². The van der Waals surface area contributed by atoms with Crippen molar-refractivity contribution in [2.75, 3.05) is 11.9 Å². The van der Waals surface area contributed by atoms with Crippen molar-refractivity contribution in [3.05, 3.63) is 27.9 Å². The third-order valence-corrected chi connectivity index (χ3v) is 2.53. The lowest BCUT2D eigenvalue weighted by atomic mass is 10.2. The Hall–Kier alpha value is -1.65. The molecule has 5 nitrogen and oxygen atoms in total. The van der Waals surface area contributed by atoms with Gasteiger partial charge in [-0.3, -0.25) is 10.1 Å². The standard InChI is InChI=1S/C12H19N3O2/c1-3-4-5-6-9-13-12-11(15(16)17)8-7-10(2)14-12/h7-8H,3-6,9H2,1-2H3,(H,13,14). The Kier molecular flexibility index (Phi) is 5.39. The zero-order chi connectivity index (χ0) is 12.7. The van der Waals surface area contributed by atoms with Crippen LogP contribution in [0, 0.1) is 17.0 Å². The van der Waals surface area contributed by atoms with Crippen LogP contribution in [0.15, 0.2) is 12.1 Å². The van der Waals surface area contributed by atoms with Gasteiger partial charge in [-0.1, -0.05) is 26.2 Å². The maximum Gasteiger partial charge on any atom is 0.311 e. The lowest BCUT2D eigenvalue weighted by molar-refractivity contribution is -0.384.